The third-order valence-corrected chi connectivity index (χ3v) is 8.59. The Morgan fingerprint density at radius 2 is 1.85 bits per heavy atom. The SMILES string of the molecule is CC1CCC(NC(=O)COC(=O)c2ccc(Cl)c(S(=O)(=O)N3CCc4ccccc43)c2)CC1. The number of carbonyl (C=O) groups excluding carboxylic acids is 2. The lowest BCUT2D eigenvalue weighted by Crippen LogP contribution is -2.39. The number of carbonyl (C=O) groups is 2. The van der Waals surface area contributed by atoms with Gasteiger partial charge in [0.2, 0.25) is 0 Å². The average molecular weight is 491 g/mol. The van der Waals surface area contributed by atoms with Crippen molar-refractivity contribution in [1.82, 2.24) is 5.32 Å². The van der Waals surface area contributed by atoms with Crippen molar-refractivity contribution in [2.24, 2.45) is 5.92 Å². The number of benzene rings is 2. The van der Waals surface area contributed by atoms with Crippen molar-refractivity contribution >= 4 is 39.2 Å². The number of nitrogens with zero attached hydrogens (tertiary/aromatic N) is 1. The van der Waals surface area contributed by atoms with Gasteiger partial charge in [0.1, 0.15) is 4.90 Å². The Bertz CT molecular complexity index is 1160. The number of rotatable bonds is 6. The van der Waals surface area contributed by atoms with Gasteiger partial charge in [-0.1, -0.05) is 36.7 Å². The molecular weight excluding hydrogens is 464 g/mol. The summed E-state index contributed by atoms with van der Waals surface area (Å²) < 4.78 is 33.1. The van der Waals surface area contributed by atoms with E-state index in [2.05, 4.69) is 12.2 Å². The van der Waals surface area contributed by atoms with E-state index in [-0.39, 0.29) is 27.4 Å². The van der Waals surface area contributed by atoms with Crippen LogP contribution in [-0.4, -0.2) is 39.5 Å². The van der Waals surface area contributed by atoms with Crippen molar-refractivity contribution in [2.45, 2.75) is 50.0 Å². The molecule has 0 atom stereocenters. The second kappa shape index (κ2) is 9.73. The summed E-state index contributed by atoms with van der Waals surface area (Å²) in [6.45, 7) is 2.07. The zero-order valence-corrected chi connectivity index (χ0v) is 20.0. The number of halogens is 1. The molecule has 1 heterocycles. The number of hydrogen-bond donors (Lipinski definition) is 1. The molecule has 176 valence electrons. The van der Waals surface area contributed by atoms with E-state index in [1.807, 2.05) is 12.1 Å². The molecule has 1 amide bonds. The highest BCUT2D eigenvalue weighted by atomic mass is 35.5. The van der Waals surface area contributed by atoms with E-state index < -0.39 is 22.6 Å². The minimum absolute atomic E-state index is 0.0141. The summed E-state index contributed by atoms with van der Waals surface area (Å²) in [7, 11) is -3.98. The molecule has 33 heavy (non-hydrogen) atoms. The van der Waals surface area contributed by atoms with E-state index in [4.69, 9.17) is 16.3 Å². The molecule has 0 radical (unpaired) electrons. The predicted octanol–water partition coefficient (Wildman–Crippen LogP) is 3.94. The molecule has 0 unspecified atom stereocenters. The highest BCUT2D eigenvalue weighted by Gasteiger charge is 2.32. The number of ether oxygens (including phenoxy) is 1. The van der Waals surface area contributed by atoms with E-state index in [0.29, 0.717) is 24.6 Å². The molecular formula is C24H27ClN2O5S. The maximum atomic E-state index is 13.3. The lowest BCUT2D eigenvalue weighted by Gasteiger charge is -2.26. The van der Waals surface area contributed by atoms with E-state index in [0.717, 1.165) is 31.2 Å². The largest absolute Gasteiger partial charge is 0.452 e. The summed E-state index contributed by atoms with van der Waals surface area (Å²) in [5.41, 5.74) is 1.56. The lowest BCUT2D eigenvalue weighted by molar-refractivity contribution is -0.125. The van der Waals surface area contributed by atoms with Crippen LogP contribution in [0.5, 0.6) is 0 Å². The van der Waals surface area contributed by atoms with Gasteiger partial charge in [-0.2, -0.15) is 0 Å². The molecule has 1 aliphatic heterocycles. The molecule has 2 aliphatic rings. The quantitative estimate of drug-likeness (QED) is 0.619. The molecule has 7 nitrogen and oxygen atoms in total. The van der Waals surface area contributed by atoms with Crippen LogP contribution in [0.4, 0.5) is 5.69 Å². The fourth-order valence-corrected chi connectivity index (χ4v) is 6.40. The van der Waals surface area contributed by atoms with Gasteiger partial charge >= 0.3 is 5.97 Å². The van der Waals surface area contributed by atoms with Crippen LogP contribution in [0.3, 0.4) is 0 Å². The van der Waals surface area contributed by atoms with Crippen molar-refractivity contribution in [3.8, 4) is 0 Å². The van der Waals surface area contributed by atoms with E-state index in [1.54, 1.807) is 12.1 Å². The normalized spacial score (nSPS) is 20.2. The van der Waals surface area contributed by atoms with Crippen molar-refractivity contribution in [2.75, 3.05) is 17.5 Å². The fraction of sp³-hybridized carbons (Fsp3) is 0.417. The van der Waals surface area contributed by atoms with Gasteiger partial charge in [0, 0.05) is 12.6 Å². The van der Waals surface area contributed by atoms with Gasteiger partial charge in [-0.3, -0.25) is 9.10 Å². The van der Waals surface area contributed by atoms with Crippen LogP contribution in [0.15, 0.2) is 47.4 Å². The van der Waals surface area contributed by atoms with Gasteiger partial charge in [0.25, 0.3) is 15.9 Å². The van der Waals surface area contributed by atoms with Crippen molar-refractivity contribution in [1.29, 1.82) is 0 Å². The Labute approximate surface area is 199 Å². The van der Waals surface area contributed by atoms with Crippen LogP contribution < -0.4 is 9.62 Å². The lowest BCUT2D eigenvalue weighted by atomic mass is 9.87. The van der Waals surface area contributed by atoms with Crippen LogP contribution in [0.2, 0.25) is 5.02 Å². The monoisotopic (exact) mass is 490 g/mol. The van der Waals surface area contributed by atoms with Crippen LogP contribution in [0.25, 0.3) is 0 Å². The Morgan fingerprint density at radius 3 is 2.61 bits per heavy atom. The number of fused-ring (bicyclic) bond motifs is 1. The summed E-state index contributed by atoms with van der Waals surface area (Å²) in [6, 6.07) is 11.3. The molecule has 0 aromatic heterocycles. The van der Waals surface area contributed by atoms with Crippen LogP contribution in [0.1, 0.15) is 48.5 Å². The van der Waals surface area contributed by atoms with Gasteiger partial charge in [-0.15, -0.1) is 0 Å². The smallest absolute Gasteiger partial charge is 0.338 e. The predicted molar refractivity (Wildman–Crippen MR) is 126 cm³/mol. The zero-order valence-electron chi connectivity index (χ0n) is 18.4. The highest BCUT2D eigenvalue weighted by molar-refractivity contribution is 7.93. The second-order valence-corrected chi connectivity index (χ2v) is 10.9. The molecule has 2 aromatic rings. The Morgan fingerprint density at radius 1 is 1.12 bits per heavy atom. The third kappa shape index (κ3) is 5.17. The molecule has 1 saturated carbocycles. The first kappa shape index (κ1) is 23.6. The summed E-state index contributed by atoms with van der Waals surface area (Å²) >= 11 is 6.22. The van der Waals surface area contributed by atoms with Crippen molar-refractivity contribution < 1.29 is 22.7 Å². The van der Waals surface area contributed by atoms with Gasteiger partial charge in [0.15, 0.2) is 6.61 Å². The summed E-state index contributed by atoms with van der Waals surface area (Å²) in [5, 5.41) is 2.91. The average Bonchev–Trinajstić information content (AvgIpc) is 3.24. The number of anilines is 1. The standard InChI is InChI=1S/C24H27ClN2O5S/c1-16-6-9-19(10-7-16)26-23(28)15-32-24(29)18-8-11-20(25)22(14-18)33(30,31)27-13-12-17-4-2-3-5-21(17)27/h2-5,8,11,14,16,19H,6-7,9-10,12-13,15H2,1H3,(H,26,28). The summed E-state index contributed by atoms with van der Waals surface area (Å²) in [4.78, 5) is 24.6. The minimum atomic E-state index is -3.98. The van der Waals surface area contributed by atoms with E-state index >= 15 is 0 Å². The highest BCUT2D eigenvalue weighted by Crippen LogP contribution is 2.35. The molecule has 0 saturated heterocycles. The Balaban J connectivity index is 1.44. The summed E-state index contributed by atoms with van der Waals surface area (Å²) in [6.07, 6.45) is 4.56. The molecule has 9 heteroatoms. The van der Waals surface area contributed by atoms with Crippen LogP contribution in [0, 0.1) is 5.92 Å². The first-order valence-corrected chi connectivity index (χ1v) is 12.9. The molecule has 2 aromatic carbocycles. The second-order valence-electron chi connectivity index (χ2n) is 8.70. The van der Waals surface area contributed by atoms with E-state index in [1.165, 1.54) is 22.5 Å². The van der Waals surface area contributed by atoms with Crippen LogP contribution >= 0.6 is 11.6 Å². The van der Waals surface area contributed by atoms with Gasteiger partial charge in [-0.25, -0.2) is 13.2 Å². The third-order valence-electron chi connectivity index (χ3n) is 6.29. The molecule has 1 aliphatic carbocycles. The number of hydrogen-bond acceptors (Lipinski definition) is 5. The Hall–Kier alpha value is -2.58. The molecule has 0 bridgehead atoms. The van der Waals surface area contributed by atoms with Gasteiger partial charge in [-0.05, 0) is 67.9 Å². The Kier molecular flexibility index (Phi) is 6.95. The number of amides is 1. The summed E-state index contributed by atoms with van der Waals surface area (Å²) in [5.74, 6) is -0.476. The van der Waals surface area contributed by atoms with Crippen molar-refractivity contribution in [3.05, 3.63) is 58.6 Å². The fourth-order valence-electron chi connectivity index (χ4n) is 4.39. The number of para-hydroxylation sites is 1. The maximum Gasteiger partial charge on any atom is 0.338 e. The maximum absolute atomic E-state index is 13.3. The van der Waals surface area contributed by atoms with Gasteiger partial charge < -0.3 is 10.1 Å². The molecule has 4 rings (SSSR count). The van der Waals surface area contributed by atoms with Crippen molar-refractivity contribution in [3.63, 3.8) is 0 Å². The number of nitrogens with one attached hydrogen (secondary N) is 1. The topological polar surface area (TPSA) is 92.8 Å². The molecule has 0 spiro atoms. The molecule has 1 N–H and O–H groups in total. The number of esters is 1. The first-order chi connectivity index (χ1) is 15.8. The zero-order chi connectivity index (χ0) is 23.6. The van der Waals surface area contributed by atoms with E-state index in [9.17, 15) is 18.0 Å². The number of sulfonamides is 1. The van der Waals surface area contributed by atoms with Gasteiger partial charge in [0.05, 0.1) is 16.3 Å². The first-order valence-electron chi connectivity index (χ1n) is 11.1. The molecule has 1 fully saturated rings. The minimum Gasteiger partial charge on any atom is -0.452 e. The van der Waals surface area contributed by atoms with Crippen LogP contribution in [-0.2, 0) is 26.0 Å².